The standard InChI is InChI=1S/C31H29BF2N4O2/c1-3-5-16-37(17-6-4-2)23-14-15-24-26-19-29-31(25-8-7-9-27(30(25)26)39-28(24)18-23)36-38(32(33,34)40-29)22-12-10-21(20-35)11-13-22/h7-15,18-19H,3-6,16-17H2,1-2H3. The molecule has 0 saturated carbocycles. The summed E-state index contributed by atoms with van der Waals surface area (Å²) in [5, 5.41) is 14.9. The molecule has 0 atom stereocenters. The highest BCUT2D eigenvalue weighted by atomic mass is 19.3. The lowest BCUT2D eigenvalue weighted by Gasteiger charge is -2.30. The van der Waals surface area contributed by atoms with Crippen LogP contribution in [0.2, 0.25) is 0 Å². The molecule has 0 unspecified atom stereocenters. The van der Waals surface area contributed by atoms with Gasteiger partial charge in [0.1, 0.15) is 17.2 Å². The van der Waals surface area contributed by atoms with Gasteiger partial charge < -0.3 is 22.9 Å². The Kier molecular flexibility index (Phi) is 6.63. The summed E-state index contributed by atoms with van der Waals surface area (Å²) in [5.41, 5.74) is 3.52. The van der Waals surface area contributed by atoms with E-state index in [1.165, 1.54) is 24.3 Å². The zero-order chi connectivity index (χ0) is 27.9. The summed E-state index contributed by atoms with van der Waals surface area (Å²) < 4.78 is 43.1. The molecule has 2 aliphatic rings. The van der Waals surface area contributed by atoms with Gasteiger partial charge in [0.2, 0.25) is 0 Å². The minimum absolute atomic E-state index is 0.0268. The molecular formula is C31H29BF2N4O2. The number of rotatable bonds is 8. The van der Waals surface area contributed by atoms with Crippen LogP contribution in [0.15, 0.2) is 71.8 Å². The van der Waals surface area contributed by atoms with E-state index in [9.17, 15) is 0 Å². The number of unbranched alkanes of at least 4 members (excludes halogenated alkanes) is 2. The third-order valence-corrected chi connectivity index (χ3v) is 7.49. The Morgan fingerprint density at radius 1 is 0.900 bits per heavy atom. The fourth-order valence-corrected chi connectivity index (χ4v) is 5.40. The predicted molar refractivity (Wildman–Crippen MR) is 153 cm³/mol. The average molecular weight is 538 g/mol. The van der Waals surface area contributed by atoms with Crippen LogP contribution in [0.25, 0.3) is 21.9 Å². The number of nitriles is 1. The number of anilines is 1. The van der Waals surface area contributed by atoms with Crippen LogP contribution in [0.4, 0.5) is 25.7 Å². The predicted octanol–water partition coefficient (Wildman–Crippen LogP) is 9.09. The van der Waals surface area contributed by atoms with Crippen molar-refractivity contribution in [3.05, 3.63) is 72.3 Å². The minimum Gasteiger partial charge on any atom is -0.596 e. The van der Waals surface area contributed by atoms with Crippen molar-refractivity contribution in [1.82, 2.24) is 0 Å². The van der Waals surface area contributed by atoms with Crippen molar-refractivity contribution in [3.63, 3.8) is 0 Å². The smallest absolute Gasteiger partial charge is 0.596 e. The van der Waals surface area contributed by atoms with Crippen LogP contribution < -0.4 is 14.3 Å². The van der Waals surface area contributed by atoms with Crippen LogP contribution in [0.3, 0.4) is 0 Å². The molecule has 0 radical (unpaired) electrons. The fourth-order valence-electron chi connectivity index (χ4n) is 5.40. The maximum absolute atomic E-state index is 15.4. The number of ether oxygens (including phenoxy) is 1. The molecule has 0 saturated heterocycles. The summed E-state index contributed by atoms with van der Waals surface area (Å²) in [7, 11) is -4.50. The van der Waals surface area contributed by atoms with Gasteiger partial charge in [0.15, 0.2) is 11.4 Å². The molecule has 0 spiro atoms. The van der Waals surface area contributed by atoms with Crippen LogP contribution in [0, 0.1) is 11.3 Å². The van der Waals surface area contributed by atoms with Crippen LogP contribution in [-0.4, -0.2) is 24.7 Å². The third-order valence-electron chi connectivity index (χ3n) is 7.49. The summed E-state index contributed by atoms with van der Waals surface area (Å²) in [6.45, 7) is 6.32. The molecule has 4 aromatic rings. The van der Waals surface area contributed by atoms with Gasteiger partial charge in [-0.25, -0.2) is 0 Å². The number of hydrogen-bond acceptors (Lipinski definition) is 5. The lowest BCUT2D eigenvalue weighted by atomic mass is 9.92. The van der Waals surface area contributed by atoms with E-state index >= 15 is 8.63 Å². The molecule has 0 N–H and O–H groups in total. The number of fused-ring (bicyclic) bond motifs is 4. The Labute approximate surface area is 232 Å². The second kappa shape index (κ2) is 10.3. The Balaban J connectivity index is 1.47. The normalized spacial score (nSPS) is 14.3. The highest BCUT2D eigenvalue weighted by Crippen LogP contribution is 2.54. The maximum atomic E-state index is 15.4. The van der Waals surface area contributed by atoms with E-state index in [0.717, 1.165) is 61.0 Å². The van der Waals surface area contributed by atoms with Crippen molar-refractivity contribution in [2.24, 2.45) is 5.11 Å². The second-order valence-electron chi connectivity index (χ2n) is 10.2. The molecule has 0 aliphatic carbocycles. The van der Waals surface area contributed by atoms with E-state index in [1.54, 1.807) is 6.07 Å². The monoisotopic (exact) mass is 538 g/mol. The van der Waals surface area contributed by atoms with Gasteiger partial charge in [-0.3, -0.25) is 0 Å². The van der Waals surface area contributed by atoms with Gasteiger partial charge in [-0.2, -0.15) is 9.87 Å². The first-order valence-corrected chi connectivity index (χ1v) is 13.8. The van der Waals surface area contributed by atoms with E-state index < -0.39 is 7.04 Å². The Hall–Kier alpha value is -4.45. The van der Waals surface area contributed by atoms with Crippen molar-refractivity contribution in [1.29, 1.82) is 5.26 Å². The number of benzene rings is 4. The van der Waals surface area contributed by atoms with Crippen LogP contribution >= 0.6 is 0 Å². The van der Waals surface area contributed by atoms with Crippen molar-refractivity contribution in [2.75, 3.05) is 18.0 Å². The highest BCUT2D eigenvalue weighted by Gasteiger charge is 2.53. The van der Waals surface area contributed by atoms with E-state index in [-0.39, 0.29) is 11.4 Å². The molecule has 40 heavy (non-hydrogen) atoms. The number of nitrogens with zero attached hydrogens (tertiary/aromatic N) is 4. The van der Waals surface area contributed by atoms with E-state index in [2.05, 4.69) is 36.0 Å². The SMILES string of the molecule is CCCCN(CCCC)c1ccc2c(c1)Oc1cccc3c4c(cc-2c13)O[B-](F)(F)[N+](c1ccc(C#N)cc1)=N4. The van der Waals surface area contributed by atoms with Crippen LogP contribution in [-0.2, 0) is 0 Å². The number of azo groups is 1. The lowest BCUT2D eigenvalue weighted by Crippen LogP contribution is -2.44. The third kappa shape index (κ3) is 4.43. The first-order valence-electron chi connectivity index (χ1n) is 13.8. The summed E-state index contributed by atoms with van der Waals surface area (Å²) in [4.78, 5) is 2.39. The molecule has 9 heteroatoms. The Bertz CT molecular complexity index is 1670. The molecule has 0 amide bonds. The highest BCUT2D eigenvalue weighted by molar-refractivity contribution is 6.51. The van der Waals surface area contributed by atoms with Gasteiger partial charge in [-0.05, 0) is 54.4 Å². The summed E-state index contributed by atoms with van der Waals surface area (Å²) in [5.74, 6) is 1.37. The lowest BCUT2D eigenvalue weighted by molar-refractivity contribution is -0.420. The molecule has 6 rings (SSSR count). The number of halogens is 2. The zero-order valence-electron chi connectivity index (χ0n) is 22.5. The van der Waals surface area contributed by atoms with Gasteiger partial charge >= 0.3 is 7.04 Å². The first kappa shape index (κ1) is 25.8. The molecule has 2 heterocycles. The fraction of sp³-hybridized carbons (Fsp3) is 0.258. The molecule has 0 bridgehead atoms. The topological polar surface area (TPSA) is 60.9 Å². The van der Waals surface area contributed by atoms with Crippen molar-refractivity contribution < 1.29 is 22.6 Å². The average Bonchev–Trinajstić information content (AvgIpc) is 2.96. The van der Waals surface area contributed by atoms with Crippen LogP contribution in [0.5, 0.6) is 17.2 Å². The number of hydrogen-bond donors (Lipinski definition) is 0. The minimum atomic E-state index is -4.50. The van der Waals surface area contributed by atoms with E-state index in [4.69, 9.17) is 14.7 Å². The molecule has 0 fully saturated rings. The van der Waals surface area contributed by atoms with Crippen LogP contribution in [0.1, 0.15) is 45.1 Å². The van der Waals surface area contributed by atoms with Crippen molar-refractivity contribution >= 4 is 34.9 Å². The summed E-state index contributed by atoms with van der Waals surface area (Å²) in [6, 6.07) is 21.2. The molecular weight excluding hydrogens is 509 g/mol. The maximum Gasteiger partial charge on any atom is 0.858 e. The van der Waals surface area contributed by atoms with Crippen molar-refractivity contribution in [2.45, 2.75) is 39.5 Å². The second-order valence-corrected chi connectivity index (χ2v) is 10.2. The molecule has 6 nitrogen and oxygen atoms in total. The molecule has 2 aliphatic heterocycles. The zero-order valence-corrected chi connectivity index (χ0v) is 22.5. The van der Waals surface area contributed by atoms with Gasteiger partial charge in [-0.15, -0.1) is 0 Å². The molecule has 4 aromatic carbocycles. The van der Waals surface area contributed by atoms with Gasteiger partial charge in [0, 0.05) is 58.9 Å². The molecule has 0 aromatic heterocycles. The van der Waals surface area contributed by atoms with Gasteiger partial charge in [0.25, 0.3) is 0 Å². The Morgan fingerprint density at radius 2 is 1.65 bits per heavy atom. The van der Waals surface area contributed by atoms with Gasteiger partial charge in [-0.1, -0.05) is 38.8 Å². The van der Waals surface area contributed by atoms with E-state index in [1.807, 2.05) is 30.3 Å². The largest absolute Gasteiger partial charge is 0.858 e. The quantitative estimate of drug-likeness (QED) is 0.185. The molecule has 202 valence electrons. The van der Waals surface area contributed by atoms with E-state index in [0.29, 0.717) is 32.7 Å². The van der Waals surface area contributed by atoms with Crippen molar-refractivity contribution in [3.8, 4) is 34.4 Å². The first-order chi connectivity index (χ1) is 19.4. The summed E-state index contributed by atoms with van der Waals surface area (Å²) in [6.07, 6.45) is 4.44. The summed E-state index contributed by atoms with van der Waals surface area (Å²) >= 11 is 0. The Morgan fingerprint density at radius 3 is 2.35 bits per heavy atom. The van der Waals surface area contributed by atoms with Gasteiger partial charge in [0.05, 0.1) is 11.6 Å².